The first-order chi connectivity index (χ1) is 6.63. The van der Waals surface area contributed by atoms with E-state index in [-0.39, 0.29) is 0 Å². The zero-order valence-corrected chi connectivity index (χ0v) is 8.11. The van der Waals surface area contributed by atoms with E-state index in [2.05, 4.69) is 0 Å². The molecule has 1 fully saturated rings. The number of hydrogen-bond donors (Lipinski definition) is 2. The molecule has 0 aromatic heterocycles. The number of amides is 1. The third-order valence-electron chi connectivity index (χ3n) is 2.51. The average molecular weight is 200 g/mol. The molecule has 0 aromatic carbocycles. The Morgan fingerprint density at radius 2 is 1.64 bits per heavy atom. The van der Waals surface area contributed by atoms with Crippen molar-refractivity contribution in [3.63, 3.8) is 0 Å². The van der Waals surface area contributed by atoms with Gasteiger partial charge in [-0.3, -0.25) is 9.69 Å². The molecule has 5 nitrogen and oxygen atoms in total. The molecule has 0 aromatic rings. The van der Waals surface area contributed by atoms with Crippen molar-refractivity contribution in [1.82, 2.24) is 4.90 Å². The molecule has 5 heteroatoms. The van der Waals surface area contributed by atoms with Crippen LogP contribution in [0.3, 0.4) is 0 Å². The number of rotatable bonds is 3. The molecule has 80 valence electrons. The predicted octanol–water partition coefficient (Wildman–Crippen LogP) is -0.199. The second kappa shape index (κ2) is 4.95. The summed E-state index contributed by atoms with van der Waals surface area (Å²) in [7, 11) is 0. The number of nitrogens with zero attached hydrogens (tertiary/aromatic N) is 1. The van der Waals surface area contributed by atoms with Crippen LogP contribution in [0.4, 0.5) is 0 Å². The van der Waals surface area contributed by atoms with Gasteiger partial charge in [0.25, 0.3) is 0 Å². The third-order valence-corrected chi connectivity index (χ3v) is 2.51. The van der Waals surface area contributed by atoms with Gasteiger partial charge in [0.2, 0.25) is 5.91 Å². The predicted molar refractivity (Wildman–Crippen MR) is 50.7 cm³/mol. The lowest BCUT2D eigenvalue weighted by Gasteiger charge is -2.24. The van der Waals surface area contributed by atoms with Gasteiger partial charge in [0.1, 0.15) is 0 Å². The summed E-state index contributed by atoms with van der Waals surface area (Å²) >= 11 is 0. The van der Waals surface area contributed by atoms with Crippen LogP contribution in [-0.4, -0.2) is 41.0 Å². The highest BCUT2D eigenvalue weighted by molar-refractivity contribution is 6.00. The van der Waals surface area contributed by atoms with E-state index in [9.17, 15) is 9.59 Å². The van der Waals surface area contributed by atoms with Crippen molar-refractivity contribution >= 4 is 11.9 Å². The van der Waals surface area contributed by atoms with Gasteiger partial charge in [0, 0.05) is 0 Å². The highest BCUT2D eigenvalue weighted by atomic mass is 16.4. The smallest absolute Gasteiger partial charge is 0.330 e. The van der Waals surface area contributed by atoms with Gasteiger partial charge >= 0.3 is 5.97 Å². The molecule has 1 rings (SSSR count). The molecular formula is C9H16N2O3. The van der Waals surface area contributed by atoms with E-state index < -0.39 is 17.9 Å². The summed E-state index contributed by atoms with van der Waals surface area (Å²) < 4.78 is 0. The first-order valence-corrected chi connectivity index (χ1v) is 4.89. The molecule has 0 saturated carbocycles. The molecule has 1 aliphatic rings. The van der Waals surface area contributed by atoms with Gasteiger partial charge in [0.05, 0.1) is 0 Å². The molecule has 1 saturated heterocycles. The summed E-state index contributed by atoms with van der Waals surface area (Å²) in [6.07, 6.45) is 4.08. The molecule has 0 bridgehead atoms. The fraction of sp³-hybridized carbons (Fsp3) is 0.778. The van der Waals surface area contributed by atoms with Gasteiger partial charge in [-0.2, -0.15) is 0 Å². The lowest BCUT2D eigenvalue weighted by Crippen LogP contribution is -2.50. The maximum Gasteiger partial charge on any atom is 0.330 e. The Kier molecular flexibility index (Phi) is 3.88. The maximum absolute atomic E-state index is 11.0. The Balaban J connectivity index is 2.65. The summed E-state index contributed by atoms with van der Waals surface area (Å²) in [6.45, 7) is 1.31. The fourth-order valence-electron chi connectivity index (χ4n) is 1.81. The van der Waals surface area contributed by atoms with Gasteiger partial charge in [-0.25, -0.2) is 4.79 Å². The summed E-state index contributed by atoms with van der Waals surface area (Å²) in [5.74, 6) is -1.90. The van der Waals surface area contributed by atoms with E-state index in [0.717, 1.165) is 25.7 Å². The van der Waals surface area contributed by atoms with Gasteiger partial charge in [-0.05, 0) is 25.9 Å². The van der Waals surface area contributed by atoms with Gasteiger partial charge in [-0.1, -0.05) is 12.8 Å². The largest absolute Gasteiger partial charge is 0.480 e. The summed E-state index contributed by atoms with van der Waals surface area (Å²) in [6, 6.07) is -1.15. The van der Waals surface area contributed by atoms with E-state index in [0.29, 0.717) is 13.1 Å². The van der Waals surface area contributed by atoms with Gasteiger partial charge in [0.15, 0.2) is 6.04 Å². The van der Waals surface area contributed by atoms with Gasteiger partial charge in [-0.15, -0.1) is 0 Å². The number of carbonyl (C=O) groups is 2. The van der Waals surface area contributed by atoms with Crippen molar-refractivity contribution < 1.29 is 14.7 Å². The molecule has 0 radical (unpaired) electrons. The molecule has 0 aliphatic carbocycles. The molecule has 0 spiro atoms. The Morgan fingerprint density at radius 1 is 1.14 bits per heavy atom. The minimum atomic E-state index is -1.15. The average Bonchev–Trinajstić information content (AvgIpc) is 2.31. The van der Waals surface area contributed by atoms with E-state index in [1.807, 2.05) is 0 Å². The highest BCUT2D eigenvalue weighted by Gasteiger charge is 2.30. The highest BCUT2D eigenvalue weighted by Crippen LogP contribution is 2.12. The topological polar surface area (TPSA) is 83.6 Å². The molecule has 1 heterocycles. The van der Waals surface area contributed by atoms with E-state index in [4.69, 9.17) is 10.8 Å². The number of hydrogen-bond acceptors (Lipinski definition) is 3. The van der Waals surface area contributed by atoms with Gasteiger partial charge < -0.3 is 10.8 Å². The zero-order chi connectivity index (χ0) is 10.6. The second-order valence-corrected chi connectivity index (χ2v) is 3.59. The SMILES string of the molecule is NC(=O)C(C(=O)O)N1CCCCCC1. The number of aliphatic carboxylic acids is 1. The maximum atomic E-state index is 11.0. The Bertz CT molecular complexity index is 208. The number of carbonyl (C=O) groups excluding carboxylic acids is 1. The number of nitrogens with two attached hydrogens (primary N) is 1. The molecule has 1 aliphatic heterocycles. The lowest BCUT2D eigenvalue weighted by molar-refractivity contribution is -0.147. The van der Waals surface area contributed by atoms with Crippen molar-refractivity contribution in [3.8, 4) is 0 Å². The van der Waals surface area contributed by atoms with Crippen molar-refractivity contribution in [1.29, 1.82) is 0 Å². The van der Waals surface area contributed by atoms with E-state index >= 15 is 0 Å². The number of carboxylic acid groups (broad SMARTS) is 1. The van der Waals surface area contributed by atoms with Crippen LogP contribution >= 0.6 is 0 Å². The first kappa shape index (κ1) is 11.0. The summed E-state index contributed by atoms with van der Waals surface area (Å²) in [5, 5.41) is 8.85. The zero-order valence-electron chi connectivity index (χ0n) is 8.11. The normalized spacial score (nSPS) is 21.1. The number of primary amides is 1. The van der Waals surface area contributed by atoms with Crippen LogP contribution in [0.25, 0.3) is 0 Å². The van der Waals surface area contributed by atoms with Crippen molar-refractivity contribution in [3.05, 3.63) is 0 Å². The molecule has 1 atom stereocenters. The van der Waals surface area contributed by atoms with Crippen LogP contribution in [0, 0.1) is 0 Å². The third kappa shape index (κ3) is 2.70. The molecule has 1 unspecified atom stereocenters. The van der Waals surface area contributed by atoms with Crippen molar-refractivity contribution in [2.24, 2.45) is 5.73 Å². The Hall–Kier alpha value is -1.10. The Labute approximate surface area is 82.9 Å². The van der Waals surface area contributed by atoms with Crippen LogP contribution < -0.4 is 5.73 Å². The minimum absolute atomic E-state index is 0.653. The molecule has 14 heavy (non-hydrogen) atoms. The molecular weight excluding hydrogens is 184 g/mol. The lowest BCUT2D eigenvalue weighted by atomic mass is 10.2. The van der Waals surface area contributed by atoms with Crippen molar-refractivity contribution in [2.45, 2.75) is 31.7 Å². The van der Waals surface area contributed by atoms with E-state index in [1.54, 1.807) is 4.90 Å². The van der Waals surface area contributed by atoms with Crippen molar-refractivity contribution in [2.75, 3.05) is 13.1 Å². The standard InChI is InChI=1S/C9H16N2O3/c10-8(12)7(9(13)14)11-5-3-1-2-4-6-11/h7H,1-6H2,(H2,10,12)(H,13,14). The van der Waals surface area contributed by atoms with Crippen LogP contribution in [0.1, 0.15) is 25.7 Å². The second-order valence-electron chi connectivity index (χ2n) is 3.59. The Morgan fingerprint density at radius 3 is 2.00 bits per heavy atom. The van der Waals surface area contributed by atoms with E-state index in [1.165, 1.54) is 0 Å². The molecule has 1 amide bonds. The fourth-order valence-corrected chi connectivity index (χ4v) is 1.81. The summed E-state index contributed by atoms with van der Waals surface area (Å²) in [4.78, 5) is 23.4. The van der Waals surface area contributed by atoms with Crippen LogP contribution in [-0.2, 0) is 9.59 Å². The van der Waals surface area contributed by atoms with Crippen LogP contribution in [0.15, 0.2) is 0 Å². The quantitative estimate of drug-likeness (QED) is 0.618. The number of likely N-dealkylation sites (tertiary alicyclic amines) is 1. The minimum Gasteiger partial charge on any atom is -0.480 e. The first-order valence-electron chi connectivity index (χ1n) is 4.89. The van der Waals surface area contributed by atoms with Crippen LogP contribution in [0.5, 0.6) is 0 Å². The van der Waals surface area contributed by atoms with Crippen LogP contribution in [0.2, 0.25) is 0 Å². The summed E-state index contributed by atoms with van der Waals surface area (Å²) in [5.41, 5.74) is 5.06. The number of carboxylic acids is 1. The molecule has 3 N–H and O–H groups in total. The monoisotopic (exact) mass is 200 g/mol.